The average molecular weight is 356 g/mol. The molecular weight excluding hydrogens is 340 g/mol. The Morgan fingerprint density at radius 2 is 2.00 bits per heavy atom. The number of hydrogen-bond donors (Lipinski definition) is 2. The zero-order chi connectivity index (χ0) is 18.4. The summed E-state index contributed by atoms with van der Waals surface area (Å²) in [5.74, 6) is 0. The van der Waals surface area contributed by atoms with Crippen molar-refractivity contribution in [3.05, 3.63) is 72.6 Å². The van der Waals surface area contributed by atoms with Crippen LogP contribution in [0.5, 0.6) is 0 Å². The van der Waals surface area contributed by atoms with Crippen LogP contribution >= 0.6 is 0 Å². The van der Waals surface area contributed by atoms with Crippen LogP contribution < -0.4 is 5.49 Å². The number of fused-ring (bicyclic) bond motifs is 2. The third kappa shape index (κ3) is 2.34. The van der Waals surface area contributed by atoms with E-state index in [0.717, 1.165) is 22.3 Å². The number of para-hydroxylation sites is 1. The standard InChI is InChI=1S/C19H16N8/c1-12(26-11-24-19-17(18(26)20)22-10-23-19)16-14-6-2-3-7-15(14)27(25-16)13-5-4-8-21-9-13/h2-12,20H,1H3,(H,22,23)/t12-/m0/s1. The topological polar surface area (TPSA) is 101 Å². The van der Waals surface area contributed by atoms with E-state index in [-0.39, 0.29) is 6.04 Å². The van der Waals surface area contributed by atoms with E-state index in [1.54, 1.807) is 29.6 Å². The monoisotopic (exact) mass is 356 g/mol. The number of aromatic amines is 1. The Labute approximate surface area is 153 Å². The first-order valence-electron chi connectivity index (χ1n) is 8.57. The van der Waals surface area contributed by atoms with Gasteiger partial charge in [0.1, 0.15) is 5.52 Å². The van der Waals surface area contributed by atoms with Crippen molar-refractivity contribution in [2.24, 2.45) is 0 Å². The molecule has 0 bridgehead atoms. The molecule has 4 aromatic heterocycles. The molecule has 0 amide bonds. The summed E-state index contributed by atoms with van der Waals surface area (Å²) >= 11 is 0. The second kappa shape index (κ2) is 5.87. The van der Waals surface area contributed by atoms with Gasteiger partial charge < -0.3 is 9.55 Å². The van der Waals surface area contributed by atoms with Crippen molar-refractivity contribution in [3.8, 4) is 5.69 Å². The molecule has 0 aliphatic rings. The summed E-state index contributed by atoms with van der Waals surface area (Å²) in [4.78, 5) is 15.7. The fraction of sp³-hybridized carbons (Fsp3) is 0.105. The molecule has 132 valence electrons. The van der Waals surface area contributed by atoms with Crippen LogP contribution in [0.15, 0.2) is 61.4 Å². The molecule has 0 saturated carbocycles. The number of H-pyrrole nitrogens is 1. The highest BCUT2D eigenvalue weighted by Crippen LogP contribution is 2.27. The fourth-order valence-electron chi connectivity index (χ4n) is 3.36. The summed E-state index contributed by atoms with van der Waals surface area (Å²) in [6.45, 7) is 2.02. The molecule has 4 heterocycles. The normalized spacial score (nSPS) is 12.6. The zero-order valence-corrected chi connectivity index (χ0v) is 14.5. The number of nitrogens with one attached hydrogen (secondary N) is 2. The Morgan fingerprint density at radius 1 is 1.11 bits per heavy atom. The van der Waals surface area contributed by atoms with Crippen LogP contribution in [0.4, 0.5) is 0 Å². The first-order valence-corrected chi connectivity index (χ1v) is 8.57. The molecule has 5 rings (SSSR count). The van der Waals surface area contributed by atoms with Crippen LogP contribution in [0, 0.1) is 5.41 Å². The molecule has 0 aliphatic carbocycles. The van der Waals surface area contributed by atoms with E-state index >= 15 is 0 Å². The first-order chi connectivity index (χ1) is 13.2. The van der Waals surface area contributed by atoms with Crippen molar-refractivity contribution in [1.29, 1.82) is 5.41 Å². The number of hydrogen-bond acceptors (Lipinski definition) is 5. The smallest absolute Gasteiger partial charge is 0.182 e. The van der Waals surface area contributed by atoms with E-state index < -0.39 is 0 Å². The van der Waals surface area contributed by atoms with E-state index in [1.807, 2.05) is 48.0 Å². The Hall–Kier alpha value is -3.81. The lowest BCUT2D eigenvalue weighted by atomic mass is 10.1. The van der Waals surface area contributed by atoms with Gasteiger partial charge in [-0.05, 0) is 25.1 Å². The largest absolute Gasteiger partial charge is 0.340 e. The van der Waals surface area contributed by atoms with Crippen LogP contribution in [0.3, 0.4) is 0 Å². The molecule has 8 nitrogen and oxygen atoms in total. The fourth-order valence-corrected chi connectivity index (χ4v) is 3.36. The Morgan fingerprint density at radius 3 is 2.85 bits per heavy atom. The minimum Gasteiger partial charge on any atom is -0.340 e. The molecular formula is C19H16N8. The second-order valence-electron chi connectivity index (χ2n) is 6.30. The van der Waals surface area contributed by atoms with Crippen LogP contribution in [-0.2, 0) is 0 Å². The van der Waals surface area contributed by atoms with Gasteiger partial charge in [-0.3, -0.25) is 10.4 Å². The zero-order valence-electron chi connectivity index (χ0n) is 14.5. The number of imidazole rings is 1. The molecule has 0 saturated heterocycles. The van der Waals surface area contributed by atoms with Crippen molar-refractivity contribution >= 4 is 22.1 Å². The van der Waals surface area contributed by atoms with Gasteiger partial charge in [-0.25, -0.2) is 14.6 Å². The van der Waals surface area contributed by atoms with Crippen LogP contribution in [0.25, 0.3) is 27.8 Å². The summed E-state index contributed by atoms with van der Waals surface area (Å²) in [7, 11) is 0. The van der Waals surface area contributed by atoms with E-state index in [1.165, 1.54) is 0 Å². The molecule has 0 fully saturated rings. The van der Waals surface area contributed by atoms with Gasteiger partial charge in [-0.1, -0.05) is 18.2 Å². The summed E-state index contributed by atoms with van der Waals surface area (Å²) in [5, 5.41) is 14.4. The number of benzene rings is 1. The molecule has 0 aliphatic heterocycles. The lowest BCUT2D eigenvalue weighted by molar-refractivity contribution is 0.576. The van der Waals surface area contributed by atoms with E-state index in [2.05, 4.69) is 19.9 Å². The van der Waals surface area contributed by atoms with E-state index in [9.17, 15) is 0 Å². The SMILES string of the molecule is C[C@@H](c1nn(-c2cccnc2)c2ccccc12)n1cnc2nc[nH]c2c1=N. The van der Waals surface area contributed by atoms with Gasteiger partial charge in [-0.2, -0.15) is 5.10 Å². The number of aromatic nitrogens is 7. The minimum atomic E-state index is -0.180. The molecule has 27 heavy (non-hydrogen) atoms. The first kappa shape index (κ1) is 15.4. The van der Waals surface area contributed by atoms with E-state index in [0.29, 0.717) is 16.7 Å². The van der Waals surface area contributed by atoms with Gasteiger partial charge in [0.2, 0.25) is 0 Å². The predicted molar refractivity (Wildman–Crippen MR) is 100 cm³/mol. The summed E-state index contributed by atoms with van der Waals surface area (Å²) in [5.41, 5.74) is 4.23. The Kier molecular flexibility index (Phi) is 3.36. The lowest BCUT2D eigenvalue weighted by Gasteiger charge is -2.14. The maximum atomic E-state index is 8.52. The molecule has 1 atom stereocenters. The van der Waals surface area contributed by atoms with Crippen molar-refractivity contribution in [3.63, 3.8) is 0 Å². The highest BCUT2D eigenvalue weighted by atomic mass is 15.3. The Bertz CT molecular complexity index is 1310. The summed E-state index contributed by atoms with van der Waals surface area (Å²) < 4.78 is 3.68. The predicted octanol–water partition coefficient (Wildman–Crippen LogP) is 2.58. The third-order valence-electron chi connectivity index (χ3n) is 4.74. The summed E-state index contributed by atoms with van der Waals surface area (Å²) in [6.07, 6.45) is 6.73. The van der Waals surface area contributed by atoms with Crippen molar-refractivity contribution in [1.82, 2.24) is 34.3 Å². The minimum absolute atomic E-state index is 0.180. The van der Waals surface area contributed by atoms with Crippen LogP contribution in [0.1, 0.15) is 18.7 Å². The number of rotatable bonds is 3. The van der Waals surface area contributed by atoms with Crippen molar-refractivity contribution in [2.45, 2.75) is 13.0 Å². The van der Waals surface area contributed by atoms with Crippen LogP contribution in [-0.4, -0.2) is 34.3 Å². The van der Waals surface area contributed by atoms with Gasteiger partial charge in [-0.15, -0.1) is 0 Å². The molecule has 5 aromatic rings. The number of nitrogens with zero attached hydrogens (tertiary/aromatic N) is 6. The number of pyridine rings is 1. The lowest BCUT2D eigenvalue weighted by Crippen LogP contribution is -2.25. The van der Waals surface area contributed by atoms with Gasteiger partial charge in [0.25, 0.3) is 0 Å². The van der Waals surface area contributed by atoms with Gasteiger partial charge in [0, 0.05) is 11.6 Å². The van der Waals surface area contributed by atoms with Gasteiger partial charge in [0.05, 0.1) is 41.8 Å². The van der Waals surface area contributed by atoms with Gasteiger partial charge >= 0.3 is 0 Å². The second-order valence-corrected chi connectivity index (χ2v) is 6.30. The quantitative estimate of drug-likeness (QED) is 0.519. The van der Waals surface area contributed by atoms with Crippen molar-refractivity contribution < 1.29 is 0 Å². The molecule has 0 radical (unpaired) electrons. The third-order valence-corrected chi connectivity index (χ3v) is 4.74. The molecule has 2 N–H and O–H groups in total. The van der Waals surface area contributed by atoms with Crippen molar-refractivity contribution in [2.75, 3.05) is 0 Å². The van der Waals surface area contributed by atoms with Crippen LogP contribution in [0.2, 0.25) is 0 Å². The molecule has 8 heteroatoms. The maximum absolute atomic E-state index is 8.52. The Balaban J connectivity index is 1.73. The molecule has 0 unspecified atom stereocenters. The summed E-state index contributed by atoms with van der Waals surface area (Å²) in [6, 6.07) is 11.8. The maximum Gasteiger partial charge on any atom is 0.182 e. The highest BCUT2D eigenvalue weighted by molar-refractivity contribution is 5.84. The average Bonchev–Trinajstić information content (AvgIpc) is 3.34. The molecule has 1 aromatic carbocycles. The molecule has 0 spiro atoms. The van der Waals surface area contributed by atoms with E-state index in [4.69, 9.17) is 10.5 Å². The van der Waals surface area contributed by atoms with Gasteiger partial charge in [0.15, 0.2) is 11.1 Å². The highest BCUT2D eigenvalue weighted by Gasteiger charge is 2.19.